The molecule has 0 heterocycles. The Morgan fingerprint density at radius 3 is 2.58 bits per heavy atom. The predicted molar refractivity (Wildman–Crippen MR) is 96.6 cm³/mol. The summed E-state index contributed by atoms with van der Waals surface area (Å²) < 4.78 is 5.39. The highest BCUT2D eigenvalue weighted by molar-refractivity contribution is 6.07. The monoisotopic (exact) mass is 318 g/mol. The van der Waals surface area contributed by atoms with Gasteiger partial charge in [0.25, 0.3) is 5.91 Å². The minimum atomic E-state index is -0.228. The van der Waals surface area contributed by atoms with Crippen LogP contribution in [0.2, 0.25) is 0 Å². The number of benzene rings is 3. The van der Waals surface area contributed by atoms with Crippen molar-refractivity contribution in [3.05, 3.63) is 77.9 Å². The van der Waals surface area contributed by atoms with E-state index in [1.165, 1.54) is 0 Å². The summed E-state index contributed by atoms with van der Waals surface area (Å²) in [4.78, 5) is 12.3. The highest BCUT2D eigenvalue weighted by Gasteiger charge is 2.08. The van der Waals surface area contributed by atoms with Gasteiger partial charge in [-0.25, -0.2) is 5.43 Å². The average Bonchev–Trinajstić information content (AvgIpc) is 2.63. The summed E-state index contributed by atoms with van der Waals surface area (Å²) in [5, 5.41) is 5.97. The molecule has 120 valence electrons. The molecule has 0 atom stereocenters. The Morgan fingerprint density at radius 2 is 1.79 bits per heavy atom. The lowest BCUT2D eigenvalue weighted by Crippen LogP contribution is -2.17. The van der Waals surface area contributed by atoms with E-state index >= 15 is 0 Å². The van der Waals surface area contributed by atoms with Gasteiger partial charge in [-0.1, -0.05) is 36.4 Å². The molecule has 0 saturated carbocycles. The maximum absolute atomic E-state index is 12.3. The van der Waals surface area contributed by atoms with E-state index in [-0.39, 0.29) is 5.91 Å². The molecule has 4 heteroatoms. The van der Waals surface area contributed by atoms with Crippen LogP contribution in [0.1, 0.15) is 22.8 Å². The van der Waals surface area contributed by atoms with Gasteiger partial charge in [0, 0.05) is 5.56 Å². The summed E-state index contributed by atoms with van der Waals surface area (Å²) in [6.07, 6.45) is 1.61. The molecule has 3 aromatic carbocycles. The minimum absolute atomic E-state index is 0.228. The van der Waals surface area contributed by atoms with Crippen LogP contribution in [0.5, 0.6) is 5.75 Å². The van der Waals surface area contributed by atoms with Crippen molar-refractivity contribution < 1.29 is 9.53 Å². The Hall–Kier alpha value is -3.14. The van der Waals surface area contributed by atoms with E-state index in [4.69, 9.17) is 4.74 Å². The van der Waals surface area contributed by atoms with Crippen molar-refractivity contribution in [1.29, 1.82) is 0 Å². The molecular formula is C20H18N2O2. The smallest absolute Gasteiger partial charge is 0.271 e. The van der Waals surface area contributed by atoms with Crippen molar-refractivity contribution in [2.24, 2.45) is 5.10 Å². The maximum atomic E-state index is 12.3. The fourth-order valence-corrected chi connectivity index (χ4v) is 2.47. The third kappa shape index (κ3) is 3.60. The Labute approximate surface area is 140 Å². The van der Waals surface area contributed by atoms with Crippen LogP contribution in [0.3, 0.4) is 0 Å². The second-order valence-corrected chi connectivity index (χ2v) is 5.23. The summed E-state index contributed by atoms with van der Waals surface area (Å²) in [5.41, 5.74) is 4.07. The first-order chi connectivity index (χ1) is 11.8. The molecule has 0 aliphatic heterocycles. The number of fused-ring (bicyclic) bond motifs is 1. The number of amides is 1. The normalized spacial score (nSPS) is 10.9. The Morgan fingerprint density at radius 1 is 1.04 bits per heavy atom. The molecule has 0 saturated heterocycles. The number of rotatable bonds is 5. The standard InChI is InChI=1S/C20H18N2O2/c1-2-24-17-12-10-15(11-13-17)14-21-22-20(23)19-9-5-7-16-6-3-4-8-18(16)19/h3-14H,2H2,1H3,(H,22,23). The van der Waals surface area contributed by atoms with Crippen molar-refractivity contribution in [2.45, 2.75) is 6.92 Å². The summed E-state index contributed by atoms with van der Waals surface area (Å²) in [6, 6.07) is 20.9. The number of hydrogen-bond acceptors (Lipinski definition) is 3. The minimum Gasteiger partial charge on any atom is -0.494 e. The number of nitrogens with zero attached hydrogens (tertiary/aromatic N) is 1. The van der Waals surface area contributed by atoms with Crippen molar-refractivity contribution in [1.82, 2.24) is 5.43 Å². The van der Waals surface area contributed by atoms with Crippen LogP contribution in [-0.2, 0) is 0 Å². The van der Waals surface area contributed by atoms with Gasteiger partial charge in [-0.3, -0.25) is 4.79 Å². The fraction of sp³-hybridized carbons (Fsp3) is 0.100. The zero-order valence-electron chi connectivity index (χ0n) is 13.4. The van der Waals surface area contributed by atoms with Gasteiger partial charge in [-0.2, -0.15) is 5.10 Å². The molecule has 0 aromatic heterocycles. The summed E-state index contributed by atoms with van der Waals surface area (Å²) in [5.74, 6) is 0.587. The Balaban J connectivity index is 1.70. The van der Waals surface area contributed by atoms with E-state index in [1.54, 1.807) is 12.3 Å². The molecule has 0 fully saturated rings. The van der Waals surface area contributed by atoms with Crippen LogP contribution in [0.15, 0.2) is 71.8 Å². The number of nitrogens with one attached hydrogen (secondary N) is 1. The first kappa shape index (κ1) is 15.7. The molecule has 0 unspecified atom stereocenters. The number of ether oxygens (including phenoxy) is 1. The Bertz CT molecular complexity index is 865. The van der Waals surface area contributed by atoms with E-state index < -0.39 is 0 Å². The van der Waals surface area contributed by atoms with Crippen molar-refractivity contribution in [2.75, 3.05) is 6.61 Å². The van der Waals surface area contributed by atoms with Gasteiger partial charge in [-0.05, 0) is 53.6 Å². The maximum Gasteiger partial charge on any atom is 0.271 e. The van der Waals surface area contributed by atoms with Gasteiger partial charge >= 0.3 is 0 Å². The number of carbonyl (C=O) groups is 1. The third-order valence-corrected chi connectivity index (χ3v) is 3.61. The molecular weight excluding hydrogens is 300 g/mol. The van der Waals surface area contributed by atoms with Crippen LogP contribution in [-0.4, -0.2) is 18.7 Å². The third-order valence-electron chi connectivity index (χ3n) is 3.61. The zero-order chi connectivity index (χ0) is 16.8. The lowest BCUT2D eigenvalue weighted by atomic mass is 10.0. The molecule has 1 N–H and O–H groups in total. The van der Waals surface area contributed by atoms with Gasteiger partial charge in [-0.15, -0.1) is 0 Å². The average molecular weight is 318 g/mol. The quantitative estimate of drug-likeness (QED) is 0.571. The SMILES string of the molecule is CCOc1ccc(C=NNC(=O)c2cccc3ccccc23)cc1. The highest BCUT2D eigenvalue weighted by atomic mass is 16.5. The number of hydrazone groups is 1. The second-order valence-electron chi connectivity index (χ2n) is 5.23. The molecule has 0 aliphatic rings. The van der Waals surface area contributed by atoms with E-state index in [9.17, 15) is 4.79 Å². The topological polar surface area (TPSA) is 50.7 Å². The highest BCUT2D eigenvalue weighted by Crippen LogP contribution is 2.18. The summed E-state index contributed by atoms with van der Waals surface area (Å²) in [7, 11) is 0. The largest absolute Gasteiger partial charge is 0.494 e. The van der Waals surface area contributed by atoms with Gasteiger partial charge in [0.15, 0.2) is 0 Å². The number of carbonyl (C=O) groups excluding carboxylic acids is 1. The zero-order valence-corrected chi connectivity index (χ0v) is 13.4. The molecule has 1 amide bonds. The summed E-state index contributed by atoms with van der Waals surface area (Å²) >= 11 is 0. The summed E-state index contributed by atoms with van der Waals surface area (Å²) in [6.45, 7) is 2.58. The van der Waals surface area contributed by atoms with Gasteiger partial charge in [0.05, 0.1) is 12.8 Å². The molecule has 0 bridgehead atoms. The van der Waals surface area contributed by atoms with Crippen LogP contribution >= 0.6 is 0 Å². The molecule has 0 radical (unpaired) electrons. The lowest BCUT2D eigenvalue weighted by Gasteiger charge is -2.05. The molecule has 3 rings (SSSR count). The van der Waals surface area contributed by atoms with Crippen molar-refractivity contribution in [3.63, 3.8) is 0 Å². The van der Waals surface area contributed by atoms with E-state index in [1.807, 2.05) is 67.6 Å². The van der Waals surface area contributed by atoms with E-state index in [2.05, 4.69) is 10.5 Å². The first-order valence-corrected chi connectivity index (χ1v) is 7.82. The van der Waals surface area contributed by atoms with Gasteiger partial charge in [0.2, 0.25) is 0 Å². The van der Waals surface area contributed by atoms with Crippen LogP contribution in [0.25, 0.3) is 10.8 Å². The number of hydrogen-bond donors (Lipinski definition) is 1. The van der Waals surface area contributed by atoms with Gasteiger partial charge in [0.1, 0.15) is 5.75 Å². The fourth-order valence-electron chi connectivity index (χ4n) is 2.47. The molecule has 0 aliphatic carbocycles. The van der Waals surface area contributed by atoms with Crippen LogP contribution in [0.4, 0.5) is 0 Å². The van der Waals surface area contributed by atoms with Crippen LogP contribution in [0, 0.1) is 0 Å². The lowest BCUT2D eigenvalue weighted by molar-refractivity contribution is 0.0957. The molecule has 3 aromatic rings. The molecule has 24 heavy (non-hydrogen) atoms. The van der Waals surface area contributed by atoms with Crippen molar-refractivity contribution >= 4 is 22.9 Å². The van der Waals surface area contributed by atoms with E-state index in [0.717, 1.165) is 22.1 Å². The van der Waals surface area contributed by atoms with E-state index in [0.29, 0.717) is 12.2 Å². The molecule has 0 spiro atoms. The predicted octanol–water partition coefficient (Wildman–Crippen LogP) is 4.00. The molecule has 4 nitrogen and oxygen atoms in total. The van der Waals surface area contributed by atoms with Crippen molar-refractivity contribution in [3.8, 4) is 5.75 Å². The van der Waals surface area contributed by atoms with Gasteiger partial charge < -0.3 is 4.74 Å². The Kier molecular flexibility index (Phi) is 4.87. The second kappa shape index (κ2) is 7.42. The first-order valence-electron chi connectivity index (χ1n) is 7.82. The van der Waals surface area contributed by atoms with Crippen LogP contribution < -0.4 is 10.2 Å².